The van der Waals surface area contributed by atoms with E-state index in [1.54, 1.807) is 36.4 Å². The van der Waals surface area contributed by atoms with Gasteiger partial charge in [-0.3, -0.25) is 9.59 Å². The number of anilines is 1. The summed E-state index contributed by atoms with van der Waals surface area (Å²) in [5.41, 5.74) is -0.0124. The van der Waals surface area contributed by atoms with Crippen molar-refractivity contribution in [2.75, 3.05) is 5.32 Å². The minimum Gasteiger partial charge on any atom is -0.448 e. The first-order valence-corrected chi connectivity index (χ1v) is 10.0. The van der Waals surface area contributed by atoms with Gasteiger partial charge in [-0.2, -0.15) is 5.10 Å². The highest BCUT2D eigenvalue weighted by Crippen LogP contribution is 2.25. The number of benzene rings is 2. The Hall–Kier alpha value is -2.90. The lowest BCUT2D eigenvalue weighted by molar-refractivity contribution is -0.123. The van der Waals surface area contributed by atoms with Gasteiger partial charge in [0.05, 0.1) is 16.1 Å². The van der Waals surface area contributed by atoms with Gasteiger partial charge in [0.15, 0.2) is 11.8 Å². The number of hydrogen-bond acceptors (Lipinski definition) is 5. The van der Waals surface area contributed by atoms with Crippen LogP contribution in [0.25, 0.3) is 10.8 Å². The van der Waals surface area contributed by atoms with Crippen LogP contribution < -0.4 is 10.9 Å². The normalized spacial score (nSPS) is 11.9. The highest BCUT2D eigenvalue weighted by molar-refractivity contribution is 6.35. The van der Waals surface area contributed by atoms with Gasteiger partial charge in [0.1, 0.15) is 0 Å². The average molecular weight is 448 g/mol. The summed E-state index contributed by atoms with van der Waals surface area (Å²) in [5.74, 6) is -1.39. The summed E-state index contributed by atoms with van der Waals surface area (Å²) in [7, 11) is 0. The number of carbonyl (C=O) groups excluding carboxylic acids is 2. The molecule has 9 heteroatoms. The zero-order chi connectivity index (χ0) is 21.8. The summed E-state index contributed by atoms with van der Waals surface area (Å²) in [4.78, 5) is 37.8. The van der Waals surface area contributed by atoms with Crippen molar-refractivity contribution in [2.45, 2.75) is 32.9 Å². The topological polar surface area (TPSA) is 90.3 Å². The molecule has 30 heavy (non-hydrogen) atoms. The molecule has 3 aromatic rings. The Balaban J connectivity index is 1.85. The molecule has 1 atom stereocenters. The van der Waals surface area contributed by atoms with E-state index in [0.717, 1.165) is 0 Å². The van der Waals surface area contributed by atoms with Crippen LogP contribution in [0.5, 0.6) is 0 Å². The Kier molecular flexibility index (Phi) is 6.74. The number of hydrogen-bond donors (Lipinski definition) is 1. The van der Waals surface area contributed by atoms with Crippen molar-refractivity contribution in [3.8, 4) is 0 Å². The molecule has 0 saturated carbocycles. The summed E-state index contributed by atoms with van der Waals surface area (Å²) in [6.07, 6.45) is -0.474. The molecule has 1 heterocycles. The number of aromatic nitrogens is 2. The van der Waals surface area contributed by atoms with Crippen molar-refractivity contribution in [1.82, 2.24) is 9.78 Å². The molecule has 0 bridgehead atoms. The number of halogens is 2. The molecule has 7 nitrogen and oxygen atoms in total. The Morgan fingerprint density at radius 1 is 1.17 bits per heavy atom. The standard InChI is InChI=1S/C21H19Cl2N3O4/c1-3-10-26-20(28)15-7-5-4-6-14(15)18(25-26)21(29)30-12(2)19(27)24-17-11-13(22)8-9-16(17)23/h4-9,11-12H,3,10H2,1-2H3,(H,24,27). The minimum atomic E-state index is -1.14. The van der Waals surface area contributed by atoms with E-state index in [4.69, 9.17) is 27.9 Å². The molecule has 0 spiro atoms. The fourth-order valence-corrected chi connectivity index (χ4v) is 3.18. The van der Waals surface area contributed by atoms with Gasteiger partial charge in [0.25, 0.3) is 11.5 Å². The number of nitrogens with zero attached hydrogens (tertiary/aromatic N) is 2. The summed E-state index contributed by atoms with van der Waals surface area (Å²) in [5, 5.41) is 8.17. The number of ether oxygens (including phenoxy) is 1. The highest BCUT2D eigenvalue weighted by atomic mass is 35.5. The largest absolute Gasteiger partial charge is 0.448 e. The molecule has 0 fully saturated rings. The number of fused-ring (bicyclic) bond motifs is 1. The van der Waals surface area contributed by atoms with Crippen LogP contribution in [0.3, 0.4) is 0 Å². The van der Waals surface area contributed by atoms with Crippen molar-refractivity contribution in [3.05, 3.63) is 68.6 Å². The van der Waals surface area contributed by atoms with Crippen LogP contribution in [0, 0.1) is 0 Å². The number of amides is 1. The van der Waals surface area contributed by atoms with Gasteiger partial charge in [-0.1, -0.05) is 48.3 Å². The third-order valence-corrected chi connectivity index (χ3v) is 4.90. The van der Waals surface area contributed by atoms with E-state index < -0.39 is 18.0 Å². The number of nitrogens with one attached hydrogen (secondary N) is 1. The van der Waals surface area contributed by atoms with Crippen molar-refractivity contribution < 1.29 is 14.3 Å². The first-order valence-electron chi connectivity index (χ1n) is 9.28. The Labute approximate surface area is 182 Å². The molecule has 0 aliphatic rings. The predicted molar refractivity (Wildman–Crippen MR) is 116 cm³/mol. The van der Waals surface area contributed by atoms with E-state index in [2.05, 4.69) is 10.4 Å². The van der Waals surface area contributed by atoms with Crippen LogP contribution in [0.1, 0.15) is 30.8 Å². The van der Waals surface area contributed by atoms with Gasteiger partial charge in [0.2, 0.25) is 0 Å². The Bertz CT molecular complexity index is 1180. The van der Waals surface area contributed by atoms with E-state index in [-0.39, 0.29) is 11.3 Å². The Morgan fingerprint density at radius 3 is 2.57 bits per heavy atom. The van der Waals surface area contributed by atoms with E-state index in [1.807, 2.05) is 6.92 Å². The van der Waals surface area contributed by atoms with E-state index in [9.17, 15) is 14.4 Å². The second-order valence-corrected chi connectivity index (χ2v) is 7.43. The molecule has 0 aliphatic carbocycles. The van der Waals surface area contributed by atoms with Crippen LogP contribution in [0.4, 0.5) is 5.69 Å². The van der Waals surface area contributed by atoms with Crippen LogP contribution in [-0.4, -0.2) is 27.8 Å². The summed E-state index contributed by atoms with van der Waals surface area (Å²) in [6, 6.07) is 11.3. The van der Waals surface area contributed by atoms with Crippen LogP contribution in [0.15, 0.2) is 47.3 Å². The first kappa shape index (κ1) is 21.8. The number of rotatable bonds is 6. The maximum absolute atomic E-state index is 12.8. The maximum Gasteiger partial charge on any atom is 0.360 e. The fourth-order valence-electron chi connectivity index (χ4n) is 2.85. The lowest BCUT2D eigenvalue weighted by atomic mass is 10.1. The molecule has 3 rings (SSSR count). The van der Waals surface area contributed by atoms with Crippen molar-refractivity contribution in [1.29, 1.82) is 0 Å². The quantitative estimate of drug-likeness (QED) is 0.568. The van der Waals surface area contributed by atoms with Crippen molar-refractivity contribution in [3.63, 3.8) is 0 Å². The molecule has 2 aromatic carbocycles. The third-order valence-electron chi connectivity index (χ3n) is 4.34. The van der Waals surface area contributed by atoms with Crippen LogP contribution >= 0.6 is 23.2 Å². The lowest BCUT2D eigenvalue weighted by Crippen LogP contribution is -2.32. The molecule has 0 radical (unpaired) electrons. The molecule has 0 saturated heterocycles. The number of aryl methyl sites for hydroxylation is 1. The SMILES string of the molecule is CCCn1nc(C(=O)OC(C)C(=O)Nc2cc(Cl)ccc2Cl)c2ccccc2c1=O. The zero-order valence-corrected chi connectivity index (χ0v) is 17.8. The summed E-state index contributed by atoms with van der Waals surface area (Å²) >= 11 is 12.0. The van der Waals surface area contributed by atoms with E-state index in [0.29, 0.717) is 39.5 Å². The molecular formula is C21H19Cl2N3O4. The van der Waals surface area contributed by atoms with E-state index >= 15 is 0 Å². The molecule has 1 amide bonds. The Morgan fingerprint density at radius 2 is 1.87 bits per heavy atom. The lowest BCUT2D eigenvalue weighted by Gasteiger charge is -2.15. The molecule has 156 valence electrons. The second-order valence-electron chi connectivity index (χ2n) is 6.58. The maximum atomic E-state index is 12.8. The van der Waals surface area contributed by atoms with Gasteiger partial charge < -0.3 is 10.1 Å². The van der Waals surface area contributed by atoms with Gasteiger partial charge in [-0.25, -0.2) is 9.48 Å². The molecule has 0 aliphatic heterocycles. The smallest absolute Gasteiger partial charge is 0.360 e. The average Bonchev–Trinajstić information content (AvgIpc) is 2.72. The molecule has 1 unspecified atom stereocenters. The zero-order valence-electron chi connectivity index (χ0n) is 16.3. The van der Waals surface area contributed by atoms with Crippen LogP contribution in [0.2, 0.25) is 10.0 Å². The number of carbonyl (C=O) groups is 2. The van der Waals surface area contributed by atoms with Gasteiger partial charge >= 0.3 is 5.97 Å². The van der Waals surface area contributed by atoms with Crippen molar-refractivity contribution >= 4 is 51.5 Å². The fraction of sp³-hybridized carbons (Fsp3) is 0.238. The molecule has 1 N–H and O–H groups in total. The predicted octanol–water partition coefficient (Wildman–Crippen LogP) is 4.30. The highest BCUT2D eigenvalue weighted by Gasteiger charge is 2.23. The summed E-state index contributed by atoms with van der Waals surface area (Å²) in [6.45, 7) is 3.68. The first-order chi connectivity index (χ1) is 14.3. The van der Waals surface area contributed by atoms with Gasteiger partial charge in [-0.05, 0) is 37.6 Å². The molecule has 1 aromatic heterocycles. The second kappa shape index (κ2) is 9.28. The number of esters is 1. The van der Waals surface area contributed by atoms with E-state index in [1.165, 1.54) is 17.7 Å². The van der Waals surface area contributed by atoms with Crippen LogP contribution in [-0.2, 0) is 16.1 Å². The van der Waals surface area contributed by atoms with Crippen molar-refractivity contribution in [2.24, 2.45) is 0 Å². The monoisotopic (exact) mass is 447 g/mol. The molecular weight excluding hydrogens is 429 g/mol. The minimum absolute atomic E-state index is 0.0286. The van der Waals surface area contributed by atoms with Gasteiger partial charge in [0, 0.05) is 17.0 Å². The third kappa shape index (κ3) is 4.63. The summed E-state index contributed by atoms with van der Waals surface area (Å²) < 4.78 is 6.55. The van der Waals surface area contributed by atoms with Gasteiger partial charge in [-0.15, -0.1) is 0 Å².